The molecule has 3 rings (SSSR count). The van der Waals surface area contributed by atoms with Crippen LogP contribution in [-0.4, -0.2) is 26.9 Å². The second kappa shape index (κ2) is 6.64. The molecule has 0 spiro atoms. The Kier molecular flexibility index (Phi) is 4.70. The van der Waals surface area contributed by atoms with Crippen molar-refractivity contribution in [3.63, 3.8) is 0 Å². The van der Waals surface area contributed by atoms with Gasteiger partial charge in [0.1, 0.15) is 11.7 Å². The molecule has 0 saturated heterocycles. The van der Waals surface area contributed by atoms with E-state index < -0.39 is 23.9 Å². The number of nitrogens with zero attached hydrogens (tertiary/aromatic N) is 3. The lowest BCUT2D eigenvalue weighted by atomic mass is 10.1. The van der Waals surface area contributed by atoms with Gasteiger partial charge in [-0.15, -0.1) is 0 Å². The number of rotatable bonds is 4. The minimum absolute atomic E-state index is 0.372. The molecule has 0 radical (unpaired) electrons. The van der Waals surface area contributed by atoms with Gasteiger partial charge in [-0.2, -0.15) is 13.2 Å². The summed E-state index contributed by atoms with van der Waals surface area (Å²) in [5, 5.41) is 0. The quantitative estimate of drug-likeness (QED) is 0.482. The summed E-state index contributed by atoms with van der Waals surface area (Å²) in [4.78, 5) is 4.62. The Labute approximate surface area is 144 Å². The molecule has 0 aliphatic heterocycles. The Morgan fingerprint density at radius 3 is 2.52 bits per heavy atom. The largest absolute Gasteiger partial charge is 0.408 e. The Morgan fingerprint density at radius 1 is 1.08 bits per heavy atom. The summed E-state index contributed by atoms with van der Waals surface area (Å²) < 4.78 is 69.6. The van der Waals surface area contributed by atoms with Gasteiger partial charge in [-0.05, 0) is 48.8 Å². The fourth-order valence-corrected chi connectivity index (χ4v) is 3.41. The molecule has 3 nitrogen and oxygen atoms in total. The fraction of sp³-hybridized carbons (Fsp3) is 0.188. The van der Waals surface area contributed by atoms with Crippen molar-refractivity contribution >= 4 is 17.6 Å². The van der Waals surface area contributed by atoms with E-state index >= 15 is 0 Å². The number of imidazole rings is 1. The first-order chi connectivity index (χ1) is 11.8. The van der Waals surface area contributed by atoms with Crippen LogP contribution >= 0.6 is 11.9 Å². The Balaban J connectivity index is 1.91. The molecule has 1 aromatic carbocycles. The van der Waals surface area contributed by atoms with Crippen LogP contribution in [0.4, 0.5) is 22.0 Å². The minimum Gasteiger partial charge on any atom is -0.307 e. The highest BCUT2D eigenvalue weighted by atomic mass is 32.2. The molecule has 0 bridgehead atoms. The summed E-state index contributed by atoms with van der Waals surface area (Å²) in [6, 6.07) is 3.39. The second-order valence-corrected chi connectivity index (χ2v) is 6.54. The second-order valence-electron chi connectivity index (χ2n) is 5.31. The first-order valence-electron chi connectivity index (χ1n) is 7.11. The normalized spacial score (nSPS) is 13.6. The van der Waals surface area contributed by atoms with Crippen LogP contribution in [0.1, 0.15) is 11.6 Å². The van der Waals surface area contributed by atoms with Crippen molar-refractivity contribution in [1.29, 1.82) is 0 Å². The van der Waals surface area contributed by atoms with Crippen LogP contribution in [0.25, 0.3) is 5.65 Å². The summed E-state index contributed by atoms with van der Waals surface area (Å²) in [7, 11) is 1.25. The highest BCUT2D eigenvalue weighted by Gasteiger charge is 2.44. The van der Waals surface area contributed by atoms with Crippen LogP contribution in [0.3, 0.4) is 0 Å². The van der Waals surface area contributed by atoms with Gasteiger partial charge in [0, 0.05) is 23.5 Å². The first kappa shape index (κ1) is 17.7. The van der Waals surface area contributed by atoms with Crippen LogP contribution < -0.4 is 0 Å². The van der Waals surface area contributed by atoms with Crippen LogP contribution in [0.2, 0.25) is 0 Å². The Hall–Kier alpha value is -2.13. The molecular weight excluding hydrogens is 361 g/mol. The van der Waals surface area contributed by atoms with Crippen molar-refractivity contribution in [3.05, 3.63) is 66.1 Å². The zero-order chi connectivity index (χ0) is 18.2. The number of hydrogen-bond donors (Lipinski definition) is 0. The van der Waals surface area contributed by atoms with Gasteiger partial charge in [-0.25, -0.2) is 18.1 Å². The SMILES string of the molecule is CN(Sc1ccn2ccnc2c1)C(c1ccc(F)c(F)c1)C(F)(F)F. The molecule has 25 heavy (non-hydrogen) atoms. The summed E-state index contributed by atoms with van der Waals surface area (Å²) in [5.74, 6) is -2.51. The van der Waals surface area contributed by atoms with E-state index in [0.717, 1.165) is 22.3 Å². The van der Waals surface area contributed by atoms with Crippen molar-refractivity contribution in [3.8, 4) is 0 Å². The highest BCUT2D eigenvalue weighted by Crippen LogP contribution is 2.42. The zero-order valence-electron chi connectivity index (χ0n) is 12.8. The molecule has 1 atom stereocenters. The minimum atomic E-state index is -4.66. The third-order valence-corrected chi connectivity index (χ3v) is 4.52. The van der Waals surface area contributed by atoms with E-state index in [4.69, 9.17) is 0 Å². The molecular formula is C16H12F5N3S. The Bertz CT molecular complexity index is 893. The molecule has 0 fully saturated rings. The Morgan fingerprint density at radius 2 is 1.84 bits per heavy atom. The predicted molar refractivity (Wildman–Crippen MR) is 84.0 cm³/mol. The van der Waals surface area contributed by atoms with Gasteiger partial charge >= 0.3 is 6.18 Å². The van der Waals surface area contributed by atoms with Gasteiger partial charge in [0.15, 0.2) is 11.6 Å². The lowest BCUT2D eigenvalue weighted by Crippen LogP contribution is -2.32. The zero-order valence-corrected chi connectivity index (χ0v) is 13.7. The molecule has 2 heterocycles. The van der Waals surface area contributed by atoms with E-state index in [0.29, 0.717) is 22.7 Å². The average molecular weight is 373 g/mol. The van der Waals surface area contributed by atoms with E-state index in [2.05, 4.69) is 4.98 Å². The van der Waals surface area contributed by atoms with Gasteiger partial charge in [0.2, 0.25) is 0 Å². The third kappa shape index (κ3) is 3.77. The standard InChI is InChI=1S/C16H12F5N3S/c1-23(25-11-4-6-24-7-5-22-14(24)9-11)15(16(19,20)21)10-2-3-12(17)13(18)8-10/h2-9,15H,1H3. The number of benzene rings is 1. The lowest BCUT2D eigenvalue weighted by molar-refractivity contribution is -0.170. The smallest absolute Gasteiger partial charge is 0.307 e. The van der Waals surface area contributed by atoms with Crippen molar-refractivity contribution in [1.82, 2.24) is 13.7 Å². The number of halogens is 5. The summed E-state index contributed by atoms with van der Waals surface area (Å²) in [6.45, 7) is 0. The predicted octanol–water partition coefficient (Wildman–Crippen LogP) is 4.86. The van der Waals surface area contributed by atoms with E-state index in [-0.39, 0.29) is 5.56 Å². The average Bonchev–Trinajstić information content (AvgIpc) is 2.97. The number of alkyl halides is 3. The highest BCUT2D eigenvalue weighted by molar-refractivity contribution is 7.97. The maximum atomic E-state index is 13.5. The molecule has 0 aliphatic rings. The maximum Gasteiger partial charge on any atom is 0.408 e. The summed E-state index contributed by atoms with van der Waals surface area (Å²) in [6.07, 6.45) is 0.308. The number of fused-ring (bicyclic) bond motifs is 1. The van der Waals surface area contributed by atoms with Gasteiger partial charge in [0.05, 0.1) is 0 Å². The van der Waals surface area contributed by atoms with E-state index in [1.165, 1.54) is 7.05 Å². The van der Waals surface area contributed by atoms with Crippen molar-refractivity contribution in [2.24, 2.45) is 0 Å². The first-order valence-corrected chi connectivity index (χ1v) is 7.88. The fourth-order valence-electron chi connectivity index (χ4n) is 2.45. The van der Waals surface area contributed by atoms with Crippen LogP contribution in [0, 0.1) is 11.6 Å². The number of pyridine rings is 1. The summed E-state index contributed by atoms with van der Waals surface area (Å²) in [5.41, 5.74) is 0.220. The van der Waals surface area contributed by atoms with Gasteiger partial charge in [-0.1, -0.05) is 6.07 Å². The van der Waals surface area contributed by atoms with Crippen molar-refractivity contribution < 1.29 is 22.0 Å². The van der Waals surface area contributed by atoms with E-state index in [1.807, 2.05) is 0 Å². The van der Waals surface area contributed by atoms with Crippen LogP contribution in [-0.2, 0) is 0 Å². The molecule has 132 valence electrons. The number of hydrogen-bond acceptors (Lipinski definition) is 3. The number of aromatic nitrogens is 2. The molecule has 3 aromatic rings. The molecule has 0 amide bonds. The molecule has 0 saturated carbocycles. The van der Waals surface area contributed by atoms with Crippen LogP contribution in [0.15, 0.2) is 53.8 Å². The molecule has 1 unspecified atom stereocenters. The molecule has 9 heteroatoms. The lowest BCUT2D eigenvalue weighted by Gasteiger charge is -2.29. The monoisotopic (exact) mass is 373 g/mol. The van der Waals surface area contributed by atoms with Gasteiger partial charge in [-0.3, -0.25) is 0 Å². The van der Waals surface area contributed by atoms with E-state index in [1.54, 1.807) is 35.1 Å². The van der Waals surface area contributed by atoms with Crippen molar-refractivity contribution in [2.75, 3.05) is 7.05 Å². The van der Waals surface area contributed by atoms with Gasteiger partial charge in [0.25, 0.3) is 0 Å². The van der Waals surface area contributed by atoms with Crippen molar-refractivity contribution in [2.45, 2.75) is 17.1 Å². The topological polar surface area (TPSA) is 20.5 Å². The molecule has 0 aliphatic carbocycles. The van der Waals surface area contributed by atoms with Crippen LogP contribution in [0.5, 0.6) is 0 Å². The summed E-state index contributed by atoms with van der Waals surface area (Å²) >= 11 is 0.845. The third-order valence-electron chi connectivity index (χ3n) is 3.55. The molecule has 2 aromatic heterocycles. The molecule has 0 N–H and O–H groups in total. The van der Waals surface area contributed by atoms with E-state index in [9.17, 15) is 22.0 Å². The maximum absolute atomic E-state index is 13.5. The van der Waals surface area contributed by atoms with Gasteiger partial charge < -0.3 is 4.40 Å².